The summed E-state index contributed by atoms with van der Waals surface area (Å²) in [6.07, 6.45) is 0.492. The number of carbonyl (C=O) groups is 1. The molecule has 0 N–H and O–H groups in total. The molecule has 25 heavy (non-hydrogen) atoms. The highest BCUT2D eigenvalue weighted by Gasteiger charge is 2.48. The van der Waals surface area contributed by atoms with Gasteiger partial charge in [-0.2, -0.15) is 0 Å². The van der Waals surface area contributed by atoms with Crippen LogP contribution in [0, 0.1) is 0 Å². The number of hydrogen-bond acceptors (Lipinski definition) is 4. The lowest BCUT2D eigenvalue weighted by Gasteiger charge is -2.40. The molecule has 2 aromatic rings. The van der Waals surface area contributed by atoms with Crippen LogP contribution in [0.3, 0.4) is 0 Å². The summed E-state index contributed by atoms with van der Waals surface area (Å²) >= 11 is 0. The van der Waals surface area contributed by atoms with Gasteiger partial charge in [-0.3, -0.25) is 4.99 Å². The monoisotopic (exact) mass is 337 g/mol. The smallest absolute Gasteiger partial charge is 0.335 e. The Morgan fingerprint density at radius 1 is 1.00 bits per heavy atom. The Morgan fingerprint density at radius 3 is 2.20 bits per heavy atom. The number of esters is 1. The van der Waals surface area contributed by atoms with Crippen molar-refractivity contribution < 1.29 is 14.3 Å². The van der Waals surface area contributed by atoms with Crippen molar-refractivity contribution in [1.29, 1.82) is 0 Å². The summed E-state index contributed by atoms with van der Waals surface area (Å²) in [4.78, 5) is 17.7. The summed E-state index contributed by atoms with van der Waals surface area (Å²) < 4.78 is 11.2. The third-order valence-corrected chi connectivity index (χ3v) is 4.48. The first-order chi connectivity index (χ1) is 12.0. The van der Waals surface area contributed by atoms with E-state index in [4.69, 9.17) is 14.5 Å². The molecule has 0 radical (unpaired) electrons. The van der Waals surface area contributed by atoms with Gasteiger partial charge in [0.1, 0.15) is 0 Å². The van der Waals surface area contributed by atoms with Crippen LogP contribution in [0.25, 0.3) is 0 Å². The number of cyclic esters (lactones) is 1. The van der Waals surface area contributed by atoms with Crippen molar-refractivity contribution in [2.75, 3.05) is 13.7 Å². The maximum atomic E-state index is 12.8. The van der Waals surface area contributed by atoms with E-state index in [1.165, 1.54) is 0 Å². The van der Waals surface area contributed by atoms with Gasteiger partial charge in [0.2, 0.25) is 0 Å². The summed E-state index contributed by atoms with van der Waals surface area (Å²) in [6, 6.07) is 19.7. The molecule has 0 saturated carbocycles. The van der Waals surface area contributed by atoms with Crippen LogP contribution in [0.5, 0.6) is 0 Å². The normalized spacial score (nSPS) is 26.0. The fourth-order valence-corrected chi connectivity index (χ4v) is 3.22. The predicted molar refractivity (Wildman–Crippen MR) is 97.9 cm³/mol. The topological polar surface area (TPSA) is 47.9 Å². The van der Waals surface area contributed by atoms with Gasteiger partial charge in [0.25, 0.3) is 0 Å². The Bertz CT molecular complexity index is 772. The number of nitrogens with zero attached hydrogens (tertiary/aromatic N) is 1. The molecule has 2 atom stereocenters. The van der Waals surface area contributed by atoms with E-state index >= 15 is 0 Å². The Hall–Kier alpha value is -2.46. The van der Waals surface area contributed by atoms with Crippen LogP contribution >= 0.6 is 0 Å². The number of methoxy groups -OCH3 is 1. The van der Waals surface area contributed by atoms with Crippen molar-refractivity contribution in [2.45, 2.75) is 31.4 Å². The molecule has 130 valence electrons. The Balaban J connectivity index is 2.06. The fraction of sp³-hybridized carbons (Fsp3) is 0.333. The molecule has 0 spiro atoms. The molecular weight excluding hydrogens is 314 g/mol. The highest BCUT2D eigenvalue weighted by Crippen LogP contribution is 2.32. The average Bonchev–Trinajstić information content (AvgIpc) is 2.60. The van der Waals surface area contributed by atoms with Crippen LogP contribution < -0.4 is 0 Å². The van der Waals surface area contributed by atoms with E-state index in [2.05, 4.69) is 0 Å². The second-order valence-corrected chi connectivity index (χ2v) is 6.82. The molecule has 1 aliphatic heterocycles. The minimum atomic E-state index is -0.959. The molecular formula is C21H23NO3. The van der Waals surface area contributed by atoms with Crippen LogP contribution in [0.15, 0.2) is 65.7 Å². The highest BCUT2D eigenvalue weighted by molar-refractivity contribution is 6.10. The largest absolute Gasteiger partial charge is 0.449 e. The third kappa shape index (κ3) is 3.49. The summed E-state index contributed by atoms with van der Waals surface area (Å²) in [5, 5.41) is 0. The predicted octanol–water partition coefficient (Wildman–Crippen LogP) is 3.44. The summed E-state index contributed by atoms with van der Waals surface area (Å²) in [7, 11) is 1.60. The molecule has 0 unspecified atom stereocenters. The van der Waals surface area contributed by atoms with Gasteiger partial charge in [-0.15, -0.1) is 0 Å². The SMILES string of the molecule is COC[C@]1(C)OC(=O)[C@](C)(Cc2ccccc2)N=C1c1ccccc1. The first-order valence-corrected chi connectivity index (χ1v) is 8.39. The van der Waals surface area contributed by atoms with Crippen LogP contribution in [-0.4, -0.2) is 36.5 Å². The van der Waals surface area contributed by atoms with E-state index in [1.807, 2.05) is 74.5 Å². The van der Waals surface area contributed by atoms with Crippen molar-refractivity contribution in [3.8, 4) is 0 Å². The summed E-state index contributed by atoms with van der Waals surface area (Å²) in [6.45, 7) is 3.94. The van der Waals surface area contributed by atoms with Gasteiger partial charge in [0.15, 0.2) is 11.1 Å². The molecule has 1 aliphatic rings. The van der Waals surface area contributed by atoms with Crippen molar-refractivity contribution in [2.24, 2.45) is 4.99 Å². The van der Waals surface area contributed by atoms with E-state index in [-0.39, 0.29) is 12.6 Å². The maximum absolute atomic E-state index is 12.8. The molecule has 4 nitrogen and oxygen atoms in total. The van der Waals surface area contributed by atoms with Gasteiger partial charge in [-0.1, -0.05) is 60.7 Å². The van der Waals surface area contributed by atoms with E-state index in [0.29, 0.717) is 6.42 Å². The Kier molecular flexibility index (Phi) is 4.73. The number of carbonyl (C=O) groups excluding carboxylic acids is 1. The fourth-order valence-electron chi connectivity index (χ4n) is 3.22. The van der Waals surface area contributed by atoms with Gasteiger partial charge in [0.05, 0.1) is 12.3 Å². The molecule has 4 heteroatoms. The standard InChI is InChI=1S/C21H23NO3/c1-20(14-16-10-6-4-7-11-16)19(23)25-21(2,15-24-3)18(22-20)17-12-8-5-9-13-17/h4-13H,14-15H2,1-3H3/t20-,21-/m0/s1. The third-order valence-electron chi connectivity index (χ3n) is 4.48. The summed E-state index contributed by atoms with van der Waals surface area (Å²) in [5.41, 5.74) is 0.874. The zero-order chi connectivity index (χ0) is 17.9. The molecule has 0 aliphatic carbocycles. The van der Waals surface area contributed by atoms with E-state index in [1.54, 1.807) is 7.11 Å². The first-order valence-electron chi connectivity index (χ1n) is 8.39. The molecule has 3 rings (SSSR count). The molecule has 0 fully saturated rings. The van der Waals surface area contributed by atoms with Gasteiger partial charge in [-0.05, 0) is 25.0 Å². The van der Waals surface area contributed by atoms with Crippen LogP contribution in [0.2, 0.25) is 0 Å². The highest BCUT2D eigenvalue weighted by atomic mass is 16.6. The second kappa shape index (κ2) is 6.81. The van der Waals surface area contributed by atoms with E-state index in [9.17, 15) is 4.79 Å². The molecule has 1 heterocycles. The van der Waals surface area contributed by atoms with E-state index < -0.39 is 11.1 Å². The van der Waals surface area contributed by atoms with Crippen molar-refractivity contribution in [3.05, 3.63) is 71.8 Å². The Labute approximate surface area is 148 Å². The van der Waals surface area contributed by atoms with Crippen LogP contribution in [-0.2, 0) is 20.7 Å². The van der Waals surface area contributed by atoms with Crippen molar-refractivity contribution in [3.63, 3.8) is 0 Å². The van der Waals surface area contributed by atoms with Gasteiger partial charge >= 0.3 is 5.97 Å². The lowest BCUT2D eigenvalue weighted by Crippen LogP contribution is -2.55. The lowest BCUT2D eigenvalue weighted by molar-refractivity contribution is -0.163. The van der Waals surface area contributed by atoms with Crippen LogP contribution in [0.4, 0.5) is 0 Å². The lowest BCUT2D eigenvalue weighted by atomic mass is 9.86. The zero-order valence-electron chi connectivity index (χ0n) is 14.9. The molecule has 0 saturated heterocycles. The molecule has 0 aromatic heterocycles. The number of benzene rings is 2. The number of aliphatic imine (C=N–C) groups is 1. The number of rotatable bonds is 5. The van der Waals surface area contributed by atoms with E-state index in [0.717, 1.165) is 16.8 Å². The average molecular weight is 337 g/mol. The Morgan fingerprint density at radius 2 is 1.60 bits per heavy atom. The van der Waals surface area contributed by atoms with Crippen LogP contribution in [0.1, 0.15) is 25.0 Å². The zero-order valence-corrected chi connectivity index (χ0v) is 14.9. The second-order valence-electron chi connectivity index (χ2n) is 6.82. The quantitative estimate of drug-likeness (QED) is 0.785. The maximum Gasteiger partial charge on any atom is 0.335 e. The van der Waals surface area contributed by atoms with Gasteiger partial charge in [0, 0.05) is 13.5 Å². The van der Waals surface area contributed by atoms with Gasteiger partial charge < -0.3 is 9.47 Å². The first kappa shape index (κ1) is 17.4. The molecule has 0 bridgehead atoms. The van der Waals surface area contributed by atoms with Crippen molar-refractivity contribution in [1.82, 2.24) is 0 Å². The van der Waals surface area contributed by atoms with Crippen molar-refractivity contribution >= 4 is 11.7 Å². The van der Waals surface area contributed by atoms with Gasteiger partial charge in [-0.25, -0.2) is 4.79 Å². The minimum absolute atomic E-state index is 0.258. The molecule has 2 aromatic carbocycles. The number of hydrogen-bond donors (Lipinski definition) is 0. The summed E-state index contributed by atoms with van der Waals surface area (Å²) in [5.74, 6) is -0.324. The molecule has 0 amide bonds. The number of ether oxygens (including phenoxy) is 2. The minimum Gasteiger partial charge on any atom is -0.449 e.